The maximum atomic E-state index is 12.1. The van der Waals surface area contributed by atoms with Crippen LogP contribution >= 0.6 is 11.3 Å². The Bertz CT molecular complexity index is 906. The quantitative estimate of drug-likeness (QED) is 0.660. The van der Waals surface area contributed by atoms with Gasteiger partial charge in [0.2, 0.25) is 0 Å². The lowest BCUT2D eigenvalue weighted by molar-refractivity contribution is -0.147. The molecule has 1 aromatic heterocycles. The highest BCUT2D eigenvalue weighted by molar-refractivity contribution is 7.17. The first-order valence-electron chi connectivity index (χ1n) is 9.01. The lowest BCUT2D eigenvalue weighted by Gasteiger charge is -2.09. The van der Waals surface area contributed by atoms with E-state index in [1.807, 2.05) is 24.3 Å². The van der Waals surface area contributed by atoms with Crippen LogP contribution in [-0.4, -0.2) is 31.5 Å². The van der Waals surface area contributed by atoms with E-state index in [0.717, 1.165) is 35.3 Å². The van der Waals surface area contributed by atoms with Gasteiger partial charge in [-0.05, 0) is 42.9 Å². The molecule has 2 amide bonds. The van der Waals surface area contributed by atoms with Crippen LogP contribution < -0.4 is 15.8 Å². The van der Waals surface area contributed by atoms with E-state index in [1.54, 1.807) is 7.11 Å². The fraction of sp³-hybridized carbons (Fsp3) is 0.350. The van der Waals surface area contributed by atoms with Gasteiger partial charge in [-0.15, -0.1) is 11.3 Å². The van der Waals surface area contributed by atoms with E-state index in [9.17, 15) is 14.4 Å². The van der Waals surface area contributed by atoms with E-state index in [0.29, 0.717) is 22.7 Å². The molecule has 0 radical (unpaired) electrons. The third-order valence-corrected chi connectivity index (χ3v) is 5.78. The Labute approximate surface area is 166 Å². The van der Waals surface area contributed by atoms with Crippen molar-refractivity contribution in [2.24, 2.45) is 5.73 Å². The number of ether oxygens (including phenoxy) is 2. The zero-order chi connectivity index (χ0) is 20.1. The molecule has 148 valence electrons. The Morgan fingerprint density at radius 1 is 1.21 bits per heavy atom. The summed E-state index contributed by atoms with van der Waals surface area (Å²) in [5.41, 5.74) is 7.68. The average molecular weight is 402 g/mol. The number of nitrogens with two attached hydrogens (primary N) is 1. The van der Waals surface area contributed by atoms with Crippen molar-refractivity contribution in [1.82, 2.24) is 0 Å². The lowest BCUT2D eigenvalue weighted by Crippen LogP contribution is -2.22. The second kappa shape index (κ2) is 8.88. The van der Waals surface area contributed by atoms with Gasteiger partial charge >= 0.3 is 5.97 Å². The Morgan fingerprint density at radius 3 is 2.75 bits per heavy atom. The number of primary amides is 1. The van der Waals surface area contributed by atoms with Crippen LogP contribution in [0.1, 0.15) is 39.2 Å². The highest BCUT2D eigenvalue weighted by atomic mass is 32.1. The van der Waals surface area contributed by atoms with Crippen molar-refractivity contribution < 1.29 is 23.9 Å². The van der Waals surface area contributed by atoms with Crippen molar-refractivity contribution >= 4 is 34.1 Å². The van der Waals surface area contributed by atoms with Crippen LogP contribution in [0.15, 0.2) is 24.3 Å². The summed E-state index contributed by atoms with van der Waals surface area (Å²) < 4.78 is 10.3. The first kappa shape index (κ1) is 19.9. The predicted molar refractivity (Wildman–Crippen MR) is 106 cm³/mol. The summed E-state index contributed by atoms with van der Waals surface area (Å²) in [6.07, 6.45) is 3.24. The molecule has 28 heavy (non-hydrogen) atoms. The largest absolute Gasteiger partial charge is 0.496 e. The fourth-order valence-corrected chi connectivity index (χ4v) is 4.59. The zero-order valence-corrected chi connectivity index (χ0v) is 16.4. The van der Waals surface area contributed by atoms with Gasteiger partial charge in [0.25, 0.3) is 11.8 Å². The number of thiophene rings is 1. The number of methoxy groups -OCH3 is 1. The molecule has 8 heteroatoms. The minimum absolute atomic E-state index is 0.132. The minimum atomic E-state index is -0.552. The van der Waals surface area contributed by atoms with E-state index in [4.69, 9.17) is 15.2 Å². The number of amides is 2. The number of fused-ring (bicyclic) bond motifs is 1. The summed E-state index contributed by atoms with van der Waals surface area (Å²) >= 11 is 1.36. The van der Waals surface area contributed by atoms with E-state index in [1.165, 1.54) is 11.3 Å². The van der Waals surface area contributed by atoms with E-state index >= 15 is 0 Å². The zero-order valence-electron chi connectivity index (χ0n) is 15.6. The van der Waals surface area contributed by atoms with Gasteiger partial charge in [0.1, 0.15) is 10.8 Å². The maximum Gasteiger partial charge on any atom is 0.306 e. The molecular formula is C20H22N2O5S. The van der Waals surface area contributed by atoms with Gasteiger partial charge in [0.05, 0.1) is 12.7 Å². The molecule has 0 fully saturated rings. The molecule has 0 spiro atoms. The number of esters is 1. The van der Waals surface area contributed by atoms with Gasteiger partial charge in [-0.2, -0.15) is 0 Å². The number of hydrogen-bond donors (Lipinski definition) is 2. The van der Waals surface area contributed by atoms with Gasteiger partial charge in [-0.3, -0.25) is 14.4 Å². The predicted octanol–water partition coefficient (Wildman–Crippen LogP) is 2.46. The summed E-state index contributed by atoms with van der Waals surface area (Å²) in [7, 11) is 1.57. The van der Waals surface area contributed by atoms with Crippen LogP contribution in [0, 0.1) is 0 Å². The normalized spacial score (nSPS) is 12.3. The van der Waals surface area contributed by atoms with E-state index in [2.05, 4.69) is 5.32 Å². The molecule has 0 saturated heterocycles. The third kappa shape index (κ3) is 4.51. The summed E-state index contributed by atoms with van der Waals surface area (Å²) in [5, 5.41) is 3.09. The van der Waals surface area contributed by atoms with E-state index < -0.39 is 24.4 Å². The Morgan fingerprint density at radius 2 is 2.00 bits per heavy atom. The molecule has 1 heterocycles. The summed E-state index contributed by atoms with van der Waals surface area (Å²) in [6, 6.07) is 7.42. The molecule has 3 N–H and O–H groups in total. The number of para-hydroxylation sites is 1. The van der Waals surface area contributed by atoms with Crippen molar-refractivity contribution in [3.8, 4) is 5.75 Å². The van der Waals surface area contributed by atoms with Gasteiger partial charge < -0.3 is 20.5 Å². The second-order valence-corrected chi connectivity index (χ2v) is 7.55. The van der Waals surface area contributed by atoms with Crippen LogP contribution in [-0.2, 0) is 33.6 Å². The Kier molecular flexibility index (Phi) is 6.30. The number of rotatable bonds is 8. The monoisotopic (exact) mass is 402 g/mol. The molecule has 1 aromatic carbocycles. The van der Waals surface area contributed by atoms with Crippen LogP contribution in [0.3, 0.4) is 0 Å². The van der Waals surface area contributed by atoms with Gasteiger partial charge in [0.15, 0.2) is 6.61 Å². The minimum Gasteiger partial charge on any atom is -0.496 e. The van der Waals surface area contributed by atoms with Crippen molar-refractivity contribution in [1.29, 1.82) is 0 Å². The highest BCUT2D eigenvalue weighted by Crippen LogP contribution is 2.38. The molecule has 0 bridgehead atoms. The number of carbonyl (C=O) groups is 3. The summed E-state index contributed by atoms with van der Waals surface area (Å²) in [4.78, 5) is 36.9. The number of nitrogens with one attached hydrogen (secondary N) is 1. The number of hydrogen-bond acceptors (Lipinski definition) is 6. The van der Waals surface area contributed by atoms with E-state index in [-0.39, 0.29) is 6.42 Å². The number of aryl methyl sites for hydroxylation is 2. The standard InChI is InChI=1S/C20H22N2O5S/c1-26-14-7-3-2-5-12(14)9-10-17(24)27-11-16(23)22-20-18(19(21)25)13-6-4-8-15(13)28-20/h2-3,5,7H,4,6,8-11H2,1H3,(H2,21,25)(H,22,23). The van der Waals surface area contributed by atoms with Crippen LogP contribution in [0.25, 0.3) is 0 Å². The fourth-order valence-electron chi connectivity index (χ4n) is 3.28. The molecule has 1 aliphatic carbocycles. The lowest BCUT2D eigenvalue weighted by atomic mass is 10.1. The highest BCUT2D eigenvalue weighted by Gasteiger charge is 2.26. The van der Waals surface area contributed by atoms with Gasteiger partial charge in [-0.25, -0.2) is 0 Å². The van der Waals surface area contributed by atoms with Crippen molar-refractivity contribution in [2.45, 2.75) is 32.1 Å². The Balaban J connectivity index is 1.51. The van der Waals surface area contributed by atoms with Crippen molar-refractivity contribution in [2.75, 3.05) is 19.0 Å². The molecule has 0 saturated carbocycles. The molecule has 2 aromatic rings. The first-order chi connectivity index (χ1) is 13.5. The maximum absolute atomic E-state index is 12.1. The molecule has 0 unspecified atom stereocenters. The van der Waals surface area contributed by atoms with Gasteiger partial charge in [0, 0.05) is 11.3 Å². The smallest absolute Gasteiger partial charge is 0.306 e. The molecule has 0 atom stereocenters. The topological polar surface area (TPSA) is 108 Å². The SMILES string of the molecule is COc1ccccc1CCC(=O)OCC(=O)Nc1sc2c(c1C(N)=O)CCC2. The molecule has 3 rings (SSSR count). The Hall–Kier alpha value is -2.87. The van der Waals surface area contributed by atoms with Crippen molar-refractivity contribution in [3.63, 3.8) is 0 Å². The first-order valence-corrected chi connectivity index (χ1v) is 9.83. The second-order valence-electron chi connectivity index (χ2n) is 6.45. The average Bonchev–Trinajstić information content (AvgIpc) is 3.25. The molecule has 1 aliphatic rings. The van der Waals surface area contributed by atoms with Gasteiger partial charge in [-0.1, -0.05) is 18.2 Å². The molecule has 7 nitrogen and oxygen atoms in total. The summed E-state index contributed by atoms with van der Waals surface area (Å²) in [5.74, 6) is -0.820. The number of anilines is 1. The third-order valence-electron chi connectivity index (χ3n) is 4.58. The number of benzene rings is 1. The molecule has 0 aliphatic heterocycles. The molecular weight excluding hydrogens is 380 g/mol. The summed E-state index contributed by atoms with van der Waals surface area (Å²) in [6.45, 7) is -0.411. The van der Waals surface area contributed by atoms with Crippen LogP contribution in [0.4, 0.5) is 5.00 Å². The van der Waals surface area contributed by atoms with Crippen molar-refractivity contribution in [3.05, 3.63) is 45.8 Å². The van der Waals surface area contributed by atoms with Crippen LogP contribution in [0.5, 0.6) is 5.75 Å². The number of carbonyl (C=O) groups excluding carboxylic acids is 3. The van der Waals surface area contributed by atoms with Crippen LogP contribution in [0.2, 0.25) is 0 Å².